The third-order valence-corrected chi connectivity index (χ3v) is 4.12. The molecular formula is C18H18F2N2O4. The smallest absolute Gasteiger partial charge is 0.265 e. The number of hydrogen-bond donors (Lipinski definition) is 4. The zero-order valence-corrected chi connectivity index (χ0v) is 14.1. The Labute approximate surface area is 148 Å². The maximum Gasteiger partial charge on any atom is 0.265 e. The molecule has 0 saturated carbocycles. The van der Waals surface area contributed by atoms with Crippen LogP contribution in [-0.2, 0) is 6.42 Å². The van der Waals surface area contributed by atoms with E-state index in [2.05, 4.69) is 0 Å². The van der Waals surface area contributed by atoms with Crippen LogP contribution in [0.5, 0.6) is 5.75 Å². The largest absolute Gasteiger partial charge is 0.507 e. The van der Waals surface area contributed by atoms with Crippen molar-refractivity contribution in [2.75, 3.05) is 0 Å². The van der Waals surface area contributed by atoms with Gasteiger partial charge in [0.2, 0.25) is 0 Å². The van der Waals surface area contributed by atoms with Gasteiger partial charge in [0.15, 0.2) is 5.78 Å². The number of ketones is 1. The molecular weight excluding hydrogens is 346 g/mol. The molecule has 0 aliphatic heterocycles. The number of nitrogens with two attached hydrogens (primary N) is 1. The van der Waals surface area contributed by atoms with Gasteiger partial charge >= 0.3 is 0 Å². The summed E-state index contributed by atoms with van der Waals surface area (Å²) in [6.45, 7) is 3.26. The number of nitrogens with one attached hydrogen (secondary N) is 1. The maximum atomic E-state index is 13.3. The summed E-state index contributed by atoms with van der Waals surface area (Å²) < 4.78 is 26.7. The topological polar surface area (TPSA) is 113 Å². The van der Waals surface area contributed by atoms with Gasteiger partial charge in [0.1, 0.15) is 23.5 Å². The van der Waals surface area contributed by atoms with E-state index in [4.69, 9.17) is 5.84 Å². The molecule has 0 aliphatic rings. The average molecular weight is 364 g/mol. The normalized spacial score (nSPS) is 11.9. The number of nitrogen functional groups attached to an aromatic ring is 1. The van der Waals surface area contributed by atoms with Gasteiger partial charge in [-0.2, -0.15) is 0 Å². The minimum absolute atomic E-state index is 0.0614. The van der Waals surface area contributed by atoms with Gasteiger partial charge in [-0.25, -0.2) is 14.6 Å². The number of benzene rings is 2. The number of halogens is 2. The number of amides is 1. The molecule has 6 nitrogen and oxygen atoms in total. The minimum atomic E-state index is -1.92. The highest BCUT2D eigenvalue weighted by Gasteiger charge is 2.27. The zero-order valence-electron chi connectivity index (χ0n) is 14.1. The highest BCUT2D eigenvalue weighted by molar-refractivity contribution is 6.06. The van der Waals surface area contributed by atoms with E-state index in [1.54, 1.807) is 6.92 Å². The first-order chi connectivity index (χ1) is 12.2. The van der Waals surface area contributed by atoms with E-state index < -0.39 is 35.2 Å². The molecule has 2 rings (SSSR count). The molecule has 0 bridgehead atoms. The fourth-order valence-corrected chi connectivity index (χ4v) is 2.80. The Bertz CT molecular complexity index is 864. The lowest BCUT2D eigenvalue weighted by Crippen LogP contribution is -2.31. The standard InChI is InChI=1S/C18H18F2N2O4/c1-3-12-8(2)15(23)14(7-13(12)18(26)22-21)17(25)16(24)9-4-10(19)6-11(20)5-9/h4-7,16,23-24H,3,21H2,1-2H3,(H,22,26)/t16-/m1/s1. The highest BCUT2D eigenvalue weighted by Crippen LogP contribution is 2.32. The molecule has 5 N–H and O–H groups in total. The summed E-state index contributed by atoms with van der Waals surface area (Å²) in [7, 11) is 0. The van der Waals surface area contributed by atoms with Crippen LogP contribution in [0.1, 0.15) is 50.4 Å². The third kappa shape index (κ3) is 3.56. The van der Waals surface area contributed by atoms with Gasteiger partial charge in [-0.1, -0.05) is 6.92 Å². The van der Waals surface area contributed by atoms with Crippen LogP contribution in [0.4, 0.5) is 8.78 Å². The van der Waals surface area contributed by atoms with E-state index in [1.807, 2.05) is 5.43 Å². The van der Waals surface area contributed by atoms with Crippen LogP contribution < -0.4 is 11.3 Å². The average Bonchev–Trinajstić information content (AvgIpc) is 2.61. The summed E-state index contributed by atoms with van der Waals surface area (Å²) in [5, 5.41) is 20.5. The number of aliphatic hydroxyl groups excluding tert-OH is 1. The van der Waals surface area contributed by atoms with Crippen LogP contribution in [0, 0.1) is 18.6 Å². The summed E-state index contributed by atoms with van der Waals surface area (Å²) in [5.74, 6) is 1.12. The molecule has 26 heavy (non-hydrogen) atoms. The Kier molecular flexibility index (Phi) is 5.69. The number of aromatic hydroxyl groups is 1. The van der Waals surface area contributed by atoms with Crippen molar-refractivity contribution in [1.82, 2.24) is 5.43 Å². The maximum absolute atomic E-state index is 13.3. The van der Waals surface area contributed by atoms with Crippen LogP contribution in [0.3, 0.4) is 0 Å². The lowest BCUT2D eigenvalue weighted by Gasteiger charge is -2.17. The molecule has 8 heteroatoms. The Morgan fingerprint density at radius 2 is 1.73 bits per heavy atom. The van der Waals surface area contributed by atoms with Crippen LogP contribution in [0.15, 0.2) is 24.3 Å². The molecule has 0 radical (unpaired) electrons. The van der Waals surface area contributed by atoms with E-state index in [1.165, 1.54) is 6.92 Å². The predicted molar refractivity (Wildman–Crippen MR) is 89.5 cm³/mol. The Balaban J connectivity index is 2.57. The first kappa shape index (κ1) is 19.5. The van der Waals surface area contributed by atoms with Crippen molar-refractivity contribution in [3.05, 3.63) is 63.7 Å². The molecule has 0 saturated heterocycles. The molecule has 1 atom stereocenters. The summed E-state index contributed by atoms with van der Waals surface area (Å²) in [4.78, 5) is 24.6. The number of carbonyl (C=O) groups excluding carboxylic acids is 2. The monoisotopic (exact) mass is 364 g/mol. The fraction of sp³-hybridized carbons (Fsp3) is 0.222. The van der Waals surface area contributed by atoms with Crippen LogP contribution in [-0.4, -0.2) is 21.9 Å². The van der Waals surface area contributed by atoms with Gasteiger partial charge in [-0.3, -0.25) is 15.0 Å². The zero-order chi connectivity index (χ0) is 19.6. The summed E-state index contributed by atoms with van der Waals surface area (Å²) >= 11 is 0. The quantitative estimate of drug-likeness (QED) is 0.281. The second kappa shape index (κ2) is 7.59. The van der Waals surface area contributed by atoms with Crippen molar-refractivity contribution >= 4 is 11.7 Å². The SMILES string of the molecule is CCc1c(C(=O)NN)cc(C(=O)[C@H](O)c2cc(F)cc(F)c2)c(O)c1C. The number of phenols is 1. The Morgan fingerprint density at radius 1 is 1.15 bits per heavy atom. The van der Waals surface area contributed by atoms with Gasteiger partial charge in [0.05, 0.1) is 5.56 Å². The number of Topliss-reactive ketones (excluding diaryl/α,β-unsaturated/α-hetero) is 1. The van der Waals surface area contributed by atoms with Crippen molar-refractivity contribution in [2.24, 2.45) is 5.84 Å². The first-order valence-electron chi connectivity index (χ1n) is 7.75. The molecule has 0 fully saturated rings. The Hall–Kier alpha value is -2.84. The molecule has 0 aliphatic carbocycles. The highest BCUT2D eigenvalue weighted by atomic mass is 19.1. The van der Waals surface area contributed by atoms with Crippen LogP contribution in [0.25, 0.3) is 0 Å². The molecule has 0 heterocycles. The number of phenolic OH excluding ortho intramolecular Hbond substituents is 1. The van der Waals surface area contributed by atoms with E-state index >= 15 is 0 Å². The van der Waals surface area contributed by atoms with E-state index in [0.717, 1.165) is 18.2 Å². The van der Waals surface area contributed by atoms with Crippen molar-refractivity contribution in [3.8, 4) is 5.75 Å². The third-order valence-electron chi connectivity index (χ3n) is 4.12. The minimum Gasteiger partial charge on any atom is -0.507 e. The van der Waals surface area contributed by atoms with Crippen molar-refractivity contribution in [3.63, 3.8) is 0 Å². The molecule has 2 aromatic rings. The first-order valence-corrected chi connectivity index (χ1v) is 7.75. The van der Waals surface area contributed by atoms with Gasteiger partial charge in [0.25, 0.3) is 5.91 Å². The molecule has 0 unspecified atom stereocenters. The molecule has 0 aromatic heterocycles. The molecule has 0 spiro atoms. The second-order valence-corrected chi connectivity index (χ2v) is 5.72. The number of hydrazine groups is 1. The summed E-state index contributed by atoms with van der Waals surface area (Å²) in [6.07, 6.45) is -1.54. The van der Waals surface area contributed by atoms with Gasteiger partial charge in [-0.05, 0) is 48.2 Å². The van der Waals surface area contributed by atoms with Crippen molar-refractivity contribution in [2.45, 2.75) is 26.4 Å². The second-order valence-electron chi connectivity index (χ2n) is 5.72. The van der Waals surface area contributed by atoms with Gasteiger partial charge < -0.3 is 10.2 Å². The summed E-state index contributed by atoms with van der Waals surface area (Å²) in [5.41, 5.74) is 2.10. The van der Waals surface area contributed by atoms with E-state index in [9.17, 15) is 28.6 Å². The number of carbonyl (C=O) groups is 2. The lowest BCUT2D eigenvalue weighted by atomic mass is 9.90. The van der Waals surface area contributed by atoms with Crippen LogP contribution >= 0.6 is 0 Å². The van der Waals surface area contributed by atoms with Crippen LogP contribution in [0.2, 0.25) is 0 Å². The number of hydrogen-bond acceptors (Lipinski definition) is 5. The Morgan fingerprint density at radius 3 is 2.23 bits per heavy atom. The summed E-state index contributed by atoms with van der Waals surface area (Å²) in [6, 6.07) is 3.32. The van der Waals surface area contributed by atoms with E-state index in [0.29, 0.717) is 18.1 Å². The van der Waals surface area contributed by atoms with Crippen molar-refractivity contribution in [1.29, 1.82) is 0 Å². The number of aliphatic hydroxyl groups is 1. The molecule has 2 aromatic carbocycles. The number of rotatable bonds is 5. The van der Waals surface area contributed by atoms with E-state index in [-0.39, 0.29) is 22.3 Å². The predicted octanol–water partition coefficient (Wildman–Crippen LogP) is 2.06. The fourth-order valence-electron chi connectivity index (χ4n) is 2.80. The van der Waals surface area contributed by atoms with Gasteiger partial charge in [-0.15, -0.1) is 0 Å². The molecule has 138 valence electrons. The van der Waals surface area contributed by atoms with Gasteiger partial charge in [0, 0.05) is 11.6 Å². The molecule has 1 amide bonds. The lowest BCUT2D eigenvalue weighted by molar-refractivity contribution is 0.0743. The van der Waals surface area contributed by atoms with Crippen molar-refractivity contribution < 1.29 is 28.6 Å².